The van der Waals surface area contributed by atoms with Gasteiger partial charge in [-0.25, -0.2) is 4.79 Å². The molecule has 0 spiro atoms. The third kappa shape index (κ3) is 5.02. The number of aliphatic hydroxyl groups excluding tert-OH is 1. The molecule has 0 saturated heterocycles. The van der Waals surface area contributed by atoms with Gasteiger partial charge >= 0.3 is 5.63 Å². The van der Waals surface area contributed by atoms with Gasteiger partial charge in [0.15, 0.2) is 0 Å². The predicted octanol–water partition coefficient (Wildman–Crippen LogP) is 4.12. The molecule has 5 heteroatoms. The SMILES string of the molecule is CCN(CC)CCc1c(-c2ccccc2)c2c(oc1=O)C=C(OCC(C)O)C(C)C2. The molecule has 2 unspecified atom stereocenters. The van der Waals surface area contributed by atoms with Crippen molar-refractivity contribution >= 4 is 6.08 Å². The number of nitrogens with zero attached hydrogens (tertiary/aromatic N) is 1. The van der Waals surface area contributed by atoms with Crippen LogP contribution in [0.2, 0.25) is 0 Å². The Labute approximate surface area is 179 Å². The van der Waals surface area contributed by atoms with E-state index in [1.807, 2.05) is 24.3 Å². The van der Waals surface area contributed by atoms with Gasteiger partial charge < -0.3 is 19.2 Å². The first-order chi connectivity index (χ1) is 14.4. The number of hydrogen-bond acceptors (Lipinski definition) is 5. The molecule has 0 saturated carbocycles. The second kappa shape index (κ2) is 10.1. The van der Waals surface area contributed by atoms with Crippen molar-refractivity contribution in [2.75, 3.05) is 26.2 Å². The van der Waals surface area contributed by atoms with Gasteiger partial charge in [0.2, 0.25) is 0 Å². The molecule has 162 valence electrons. The van der Waals surface area contributed by atoms with Crippen molar-refractivity contribution in [3.05, 3.63) is 63.4 Å². The second-order valence-corrected chi connectivity index (χ2v) is 8.04. The molecule has 1 aromatic carbocycles. The van der Waals surface area contributed by atoms with Gasteiger partial charge in [0.05, 0.1) is 6.10 Å². The van der Waals surface area contributed by atoms with Gasteiger partial charge in [0.1, 0.15) is 18.1 Å². The van der Waals surface area contributed by atoms with E-state index in [9.17, 15) is 9.90 Å². The minimum atomic E-state index is -0.547. The fourth-order valence-electron chi connectivity index (χ4n) is 4.02. The summed E-state index contributed by atoms with van der Waals surface area (Å²) in [5.74, 6) is 1.47. The molecule has 2 aromatic rings. The van der Waals surface area contributed by atoms with Crippen LogP contribution in [0.1, 0.15) is 44.6 Å². The van der Waals surface area contributed by atoms with E-state index in [-0.39, 0.29) is 18.2 Å². The summed E-state index contributed by atoms with van der Waals surface area (Å²) in [6.45, 7) is 11.0. The molecule has 1 aromatic heterocycles. The molecule has 0 bridgehead atoms. The summed E-state index contributed by atoms with van der Waals surface area (Å²) in [4.78, 5) is 15.4. The highest BCUT2D eigenvalue weighted by atomic mass is 16.5. The lowest BCUT2D eigenvalue weighted by molar-refractivity contribution is 0.0733. The first-order valence-electron chi connectivity index (χ1n) is 10.9. The number of aliphatic hydroxyl groups is 1. The van der Waals surface area contributed by atoms with E-state index in [1.54, 1.807) is 6.92 Å². The van der Waals surface area contributed by atoms with Crippen molar-refractivity contribution < 1.29 is 14.3 Å². The number of likely N-dealkylation sites (N-methyl/N-ethyl adjacent to an activating group) is 1. The Morgan fingerprint density at radius 3 is 2.57 bits per heavy atom. The van der Waals surface area contributed by atoms with Gasteiger partial charge in [0, 0.05) is 29.7 Å². The average molecular weight is 412 g/mol. The number of ether oxygens (including phenoxy) is 1. The van der Waals surface area contributed by atoms with Crippen molar-refractivity contribution in [3.63, 3.8) is 0 Å². The van der Waals surface area contributed by atoms with Crippen LogP contribution in [0.15, 0.2) is 45.3 Å². The lowest BCUT2D eigenvalue weighted by atomic mass is 9.85. The minimum Gasteiger partial charge on any atom is -0.495 e. The van der Waals surface area contributed by atoms with Gasteiger partial charge in [-0.3, -0.25) is 0 Å². The Hall–Kier alpha value is -2.37. The molecular formula is C25H33NO4. The summed E-state index contributed by atoms with van der Waals surface area (Å²) in [5.41, 5.74) is 3.59. The van der Waals surface area contributed by atoms with E-state index >= 15 is 0 Å². The molecule has 1 N–H and O–H groups in total. The Kier molecular flexibility index (Phi) is 7.51. The van der Waals surface area contributed by atoms with Gasteiger partial charge in [-0.2, -0.15) is 0 Å². The summed E-state index contributed by atoms with van der Waals surface area (Å²) in [7, 11) is 0. The van der Waals surface area contributed by atoms with Crippen LogP contribution in [0.3, 0.4) is 0 Å². The highest BCUT2D eigenvalue weighted by molar-refractivity contribution is 5.75. The zero-order chi connectivity index (χ0) is 21.7. The fourth-order valence-corrected chi connectivity index (χ4v) is 4.02. The zero-order valence-corrected chi connectivity index (χ0v) is 18.5. The normalized spacial score (nSPS) is 16.9. The Bertz CT molecular complexity index is 926. The zero-order valence-electron chi connectivity index (χ0n) is 18.5. The van der Waals surface area contributed by atoms with Crippen LogP contribution < -0.4 is 5.63 Å². The molecule has 0 fully saturated rings. The molecule has 3 rings (SSSR count). The maximum atomic E-state index is 13.0. The predicted molar refractivity (Wildman–Crippen MR) is 120 cm³/mol. The molecular weight excluding hydrogens is 378 g/mol. The molecule has 5 nitrogen and oxygen atoms in total. The van der Waals surface area contributed by atoms with E-state index in [4.69, 9.17) is 9.15 Å². The largest absolute Gasteiger partial charge is 0.495 e. The number of allylic oxidation sites excluding steroid dienone is 1. The van der Waals surface area contributed by atoms with E-state index in [1.165, 1.54) is 0 Å². The Morgan fingerprint density at radius 2 is 1.93 bits per heavy atom. The van der Waals surface area contributed by atoms with Crippen molar-refractivity contribution in [1.82, 2.24) is 4.90 Å². The average Bonchev–Trinajstić information content (AvgIpc) is 2.74. The van der Waals surface area contributed by atoms with Gasteiger partial charge in [-0.15, -0.1) is 0 Å². The highest BCUT2D eigenvalue weighted by Gasteiger charge is 2.27. The Morgan fingerprint density at radius 1 is 1.23 bits per heavy atom. The van der Waals surface area contributed by atoms with E-state index in [2.05, 4.69) is 37.8 Å². The summed E-state index contributed by atoms with van der Waals surface area (Å²) in [6, 6.07) is 10.1. The van der Waals surface area contributed by atoms with Crippen molar-refractivity contribution in [2.24, 2.45) is 5.92 Å². The molecule has 1 aliphatic carbocycles. The van der Waals surface area contributed by atoms with Gasteiger partial charge in [-0.05, 0) is 44.0 Å². The topological polar surface area (TPSA) is 62.9 Å². The van der Waals surface area contributed by atoms with Gasteiger partial charge in [-0.1, -0.05) is 51.1 Å². The van der Waals surface area contributed by atoms with Crippen LogP contribution >= 0.6 is 0 Å². The quantitative estimate of drug-likeness (QED) is 0.672. The number of rotatable bonds is 9. The van der Waals surface area contributed by atoms with Crippen molar-refractivity contribution in [1.29, 1.82) is 0 Å². The smallest absolute Gasteiger partial charge is 0.340 e. The lowest BCUT2D eigenvalue weighted by Crippen LogP contribution is -2.28. The summed E-state index contributed by atoms with van der Waals surface area (Å²) in [5, 5.41) is 9.55. The van der Waals surface area contributed by atoms with Crippen LogP contribution in [0.4, 0.5) is 0 Å². The van der Waals surface area contributed by atoms with Gasteiger partial charge in [0.25, 0.3) is 0 Å². The van der Waals surface area contributed by atoms with Crippen LogP contribution in [-0.2, 0) is 17.6 Å². The third-order valence-corrected chi connectivity index (χ3v) is 5.75. The van der Waals surface area contributed by atoms with E-state index in [0.717, 1.165) is 54.1 Å². The molecule has 1 aliphatic rings. The molecule has 0 radical (unpaired) electrons. The summed E-state index contributed by atoms with van der Waals surface area (Å²) in [6.07, 6.45) is 2.67. The summed E-state index contributed by atoms with van der Waals surface area (Å²) >= 11 is 0. The first-order valence-corrected chi connectivity index (χ1v) is 10.9. The van der Waals surface area contributed by atoms with Crippen molar-refractivity contribution in [3.8, 4) is 11.1 Å². The van der Waals surface area contributed by atoms with Crippen LogP contribution in [0, 0.1) is 5.92 Å². The Balaban J connectivity index is 2.08. The lowest BCUT2D eigenvalue weighted by Gasteiger charge is -2.26. The fraction of sp³-hybridized carbons (Fsp3) is 0.480. The van der Waals surface area contributed by atoms with E-state index < -0.39 is 6.10 Å². The molecule has 30 heavy (non-hydrogen) atoms. The van der Waals surface area contributed by atoms with Crippen molar-refractivity contribution in [2.45, 2.75) is 46.6 Å². The highest BCUT2D eigenvalue weighted by Crippen LogP contribution is 2.36. The standard InChI is InChI=1S/C25H33NO4/c1-5-26(6-2)13-12-20-24(19-10-8-7-9-11-19)21-14-17(3)22(29-16-18(4)27)15-23(21)30-25(20)28/h7-11,15,17-18,27H,5-6,12-14,16H2,1-4H3. The first kappa shape index (κ1) is 22.3. The molecule has 2 atom stereocenters. The van der Waals surface area contributed by atoms with Crippen LogP contribution in [-0.4, -0.2) is 42.4 Å². The molecule has 0 amide bonds. The minimum absolute atomic E-state index is 0.141. The maximum absolute atomic E-state index is 13.0. The monoisotopic (exact) mass is 411 g/mol. The molecule has 0 aliphatic heterocycles. The maximum Gasteiger partial charge on any atom is 0.340 e. The van der Waals surface area contributed by atoms with Crippen LogP contribution in [0.5, 0.6) is 0 Å². The number of fused-ring (bicyclic) bond motifs is 1. The van der Waals surface area contributed by atoms with Crippen LogP contribution in [0.25, 0.3) is 17.2 Å². The van der Waals surface area contributed by atoms with E-state index in [0.29, 0.717) is 12.2 Å². The number of benzene rings is 1. The summed E-state index contributed by atoms with van der Waals surface area (Å²) < 4.78 is 11.6. The third-order valence-electron chi connectivity index (χ3n) is 5.75. The second-order valence-electron chi connectivity index (χ2n) is 8.04. The molecule has 1 heterocycles. The number of hydrogen-bond donors (Lipinski definition) is 1.